The Bertz CT molecular complexity index is 211. The third-order valence-corrected chi connectivity index (χ3v) is 2.20. The van der Waals surface area contributed by atoms with Crippen LogP contribution < -0.4 is 4.99 Å². The molecule has 1 aliphatic heterocycles. The van der Waals surface area contributed by atoms with Crippen LogP contribution in [0, 0.1) is 5.92 Å². The second-order valence-corrected chi connectivity index (χ2v) is 2.88. The Balaban J connectivity index is 2.23. The smallest absolute Gasteiger partial charge is 0.0876 e. The average molecular weight is 133 g/mol. The molecular weight excluding hydrogens is 122 g/mol. The number of hydrogen-bond acceptors (Lipinski definition) is 1. The average Bonchev–Trinajstić information content (AvgIpc) is 2.05. The van der Waals surface area contributed by atoms with Crippen LogP contribution >= 0.6 is 0 Å². The normalized spacial score (nSPS) is 29.6. The van der Waals surface area contributed by atoms with Gasteiger partial charge in [0, 0.05) is 17.0 Å². The van der Waals surface area contributed by atoms with Gasteiger partial charge in [0.15, 0.2) is 0 Å². The first-order chi connectivity index (χ1) is 4.97. The van der Waals surface area contributed by atoms with Gasteiger partial charge in [-0.05, 0) is 18.8 Å². The molecule has 0 aromatic heterocycles. The molecule has 0 aromatic carbocycles. The van der Waals surface area contributed by atoms with Crippen molar-refractivity contribution in [3.63, 3.8) is 0 Å². The summed E-state index contributed by atoms with van der Waals surface area (Å²) in [6.07, 6.45) is 12.1. The van der Waals surface area contributed by atoms with Gasteiger partial charge in [-0.25, -0.2) is 0 Å². The van der Waals surface area contributed by atoms with Crippen LogP contribution in [0.4, 0.5) is 0 Å². The first-order valence-electron chi connectivity index (χ1n) is 3.82. The molecule has 51 valence electrons. The molecule has 0 spiro atoms. The zero-order chi connectivity index (χ0) is 6.81. The van der Waals surface area contributed by atoms with Crippen LogP contribution in [0.15, 0.2) is 23.9 Å². The molecule has 1 heterocycles. The SMILES string of the molecule is C1=CCC2CC=[N+]C=C2C1. The lowest BCUT2D eigenvalue weighted by atomic mass is 9.86. The predicted molar refractivity (Wildman–Crippen MR) is 42.8 cm³/mol. The van der Waals surface area contributed by atoms with Crippen molar-refractivity contribution < 1.29 is 0 Å². The van der Waals surface area contributed by atoms with Crippen molar-refractivity contribution in [1.29, 1.82) is 0 Å². The summed E-state index contributed by atoms with van der Waals surface area (Å²) < 4.78 is 0. The van der Waals surface area contributed by atoms with Gasteiger partial charge in [0.25, 0.3) is 0 Å². The Morgan fingerprint density at radius 2 is 2.30 bits per heavy atom. The first-order valence-corrected chi connectivity index (χ1v) is 3.82. The Morgan fingerprint density at radius 1 is 1.30 bits per heavy atom. The van der Waals surface area contributed by atoms with Crippen LogP contribution in [0.25, 0.3) is 0 Å². The molecule has 1 heteroatoms. The Hall–Kier alpha value is -0.850. The van der Waals surface area contributed by atoms with E-state index in [-0.39, 0.29) is 0 Å². The van der Waals surface area contributed by atoms with E-state index < -0.39 is 0 Å². The molecule has 0 saturated heterocycles. The van der Waals surface area contributed by atoms with E-state index in [4.69, 9.17) is 0 Å². The van der Waals surface area contributed by atoms with Gasteiger partial charge in [0.2, 0.25) is 12.4 Å². The van der Waals surface area contributed by atoms with Crippen molar-refractivity contribution in [2.24, 2.45) is 5.92 Å². The number of nitrogens with zero attached hydrogens (tertiary/aromatic N) is 1. The lowest BCUT2D eigenvalue weighted by molar-refractivity contribution is 0.611. The summed E-state index contributed by atoms with van der Waals surface area (Å²) in [5.74, 6) is 0.780. The second-order valence-electron chi connectivity index (χ2n) is 2.88. The van der Waals surface area contributed by atoms with Gasteiger partial charge in [-0.3, -0.25) is 0 Å². The molecular formula is C9H11N+. The van der Waals surface area contributed by atoms with Gasteiger partial charge < -0.3 is 0 Å². The van der Waals surface area contributed by atoms with Crippen LogP contribution in [-0.4, -0.2) is 6.21 Å². The molecule has 1 atom stereocenters. The van der Waals surface area contributed by atoms with E-state index >= 15 is 0 Å². The van der Waals surface area contributed by atoms with E-state index in [1.807, 2.05) is 12.4 Å². The van der Waals surface area contributed by atoms with Gasteiger partial charge in [-0.2, -0.15) is 0 Å². The Kier molecular flexibility index (Phi) is 1.42. The minimum Gasteiger partial charge on any atom is -0.0876 e. The number of fused-ring (bicyclic) bond motifs is 1. The summed E-state index contributed by atoms with van der Waals surface area (Å²) in [6, 6.07) is 0. The molecule has 1 unspecified atom stereocenters. The summed E-state index contributed by atoms with van der Waals surface area (Å²) in [7, 11) is 0. The van der Waals surface area contributed by atoms with Crippen molar-refractivity contribution in [3.8, 4) is 0 Å². The zero-order valence-electron chi connectivity index (χ0n) is 5.96. The summed E-state index contributed by atoms with van der Waals surface area (Å²) >= 11 is 0. The molecule has 1 nitrogen and oxygen atoms in total. The molecule has 1 aliphatic carbocycles. The molecule has 2 aliphatic rings. The third-order valence-electron chi connectivity index (χ3n) is 2.20. The monoisotopic (exact) mass is 133 g/mol. The Morgan fingerprint density at radius 3 is 3.20 bits per heavy atom. The molecule has 2 rings (SSSR count). The maximum Gasteiger partial charge on any atom is 0.241 e. The zero-order valence-corrected chi connectivity index (χ0v) is 5.96. The van der Waals surface area contributed by atoms with Gasteiger partial charge in [0.05, 0.1) is 0 Å². The largest absolute Gasteiger partial charge is 0.241 e. The fourth-order valence-electron chi connectivity index (χ4n) is 1.54. The molecule has 0 bridgehead atoms. The highest BCUT2D eigenvalue weighted by Gasteiger charge is 2.21. The molecule has 0 N–H and O–H groups in total. The van der Waals surface area contributed by atoms with Crippen LogP contribution in [-0.2, 0) is 0 Å². The summed E-state index contributed by atoms with van der Waals surface area (Å²) in [4.78, 5) is 4.14. The van der Waals surface area contributed by atoms with E-state index in [0.717, 1.165) is 18.8 Å². The molecule has 1 radical (unpaired) electrons. The van der Waals surface area contributed by atoms with Gasteiger partial charge in [-0.15, -0.1) is 0 Å². The minimum absolute atomic E-state index is 0.780. The highest BCUT2D eigenvalue weighted by molar-refractivity contribution is 5.59. The van der Waals surface area contributed by atoms with Gasteiger partial charge >= 0.3 is 0 Å². The topological polar surface area (TPSA) is 14.1 Å². The van der Waals surface area contributed by atoms with Gasteiger partial charge in [0.1, 0.15) is 0 Å². The van der Waals surface area contributed by atoms with Crippen molar-refractivity contribution in [2.45, 2.75) is 19.3 Å². The number of aliphatic imine (C=N–C) groups is 1. The van der Waals surface area contributed by atoms with E-state index in [1.165, 1.54) is 12.0 Å². The minimum atomic E-state index is 0.780. The lowest BCUT2D eigenvalue weighted by Crippen LogP contribution is -2.12. The molecule has 10 heavy (non-hydrogen) atoms. The predicted octanol–water partition coefficient (Wildman–Crippen LogP) is 1.65. The maximum absolute atomic E-state index is 4.14. The third kappa shape index (κ3) is 0.919. The molecule has 0 amide bonds. The fourth-order valence-corrected chi connectivity index (χ4v) is 1.54. The van der Waals surface area contributed by atoms with E-state index in [0.29, 0.717) is 0 Å². The van der Waals surface area contributed by atoms with Crippen LogP contribution in [0.1, 0.15) is 19.3 Å². The van der Waals surface area contributed by atoms with E-state index in [9.17, 15) is 0 Å². The molecule has 0 fully saturated rings. The van der Waals surface area contributed by atoms with Crippen molar-refractivity contribution >= 4 is 6.21 Å². The van der Waals surface area contributed by atoms with E-state index in [1.54, 1.807) is 0 Å². The fraction of sp³-hybridized carbons (Fsp3) is 0.444. The highest BCUT2D eigenvalue weighted by Crippen LogP contribution is 2.27. The summed E-state index contributed by atoms with van der Waals surface area (Å²) in [5, 5.41) is 0. The second kappa shape index (κ2) is 2.41. The standard InChI is InChI=1S/C9H11N/c1-2-4-9-7-10-6-5-8(9)3-1/h1-2,6-8H,3-5H2/q+1. The number of allylic oxidation sites excluding steroid dienone is 3. The molecule has 0 saturated carbocycles. The van der Waals surface area contributed by atoms with Crippen LogP contribution in [0.2, 0.25) is 0 Å². The summed E-state index contributed by atoms with van der Waals surface area (Å²) in [6.45, 7) is 0. The number of rotatable bonds is 0. The summed E-state index contributed by atoms with van der Waals surface area (Å²) in [5.41, 5.74) is 1.52. The number of hydrogen-bond donors (Lipinski definition) is 0. The van der Waals surface area contributed by atoms with Crippen LogP contribution in [0.3, 0.4) is 0 Å². The molecule has 0 aromatic rings. The quantitative estimate of drug-likeness (QED) is 0.446. The Labute approximate surface area is 61.2 Å². The van der Waals surface area contributed by atoms with Crippen molar-refractivity contribution in [3.05, 3.63) is 23.9 Å². The van der Waals surface area contributed by atoms with Crippen molar-refractivity contribution in [1.82, 2.24) is 4.99 Å². The lowest BCUT2D eigenvalue weighted by Gasteiger charge is -2.16. The first kappa shape index (κ1) is 5.90. The van der Waals surface area contributed by atoms with Gasteiger partial charge in [-0.1, -0.05) is 12.2 Å². The highest BCUT2D eigenvalue weighted by atomic mass is 14.7. The van der Waals surface area contributed by atoms with Crippen LogP contribution in [0.5, 0.6) is 0 Å². The van der Waals surface area contributed by atoms with E-state index in [2.05, 4.69) is 17.1 Å². The van der Waals surface area contributed by atoms with Crippen molar-refractivity contribution in [2.75, 3.05) is 0 Å². The maximum atomic E-state index is 4.14.